The quantitative estimate of drug-likeness (QED) is 0.741. The number of imide groups is 1. The van der Waals surface area contributed by atoms with Gasteiger partial charge in [0.1, 0.15) is 5.01 Å². The molecule has 0 saturated carbocycles. The van der Waals surface area contributed by atoms with E-state index in [9.17, 15) is 9.59 Å². The van der Waals surface area contributed by atoms with Crippen molar-refractivity contribution in [2.24, 2.45) is 0 Å². The number of thioether (sulfide) groups is 1. The normalized spacial score (nSPS) is 16.6. The van der Waals surface area contributed by atoms with Crippen LogP contribution in [0.1, 0.15) is 25.5 Å². The number of thiazole rings is 1. The van der Waals surface area contributed by atoms with Gasteiger partial charge in [-0.15, -0.1) is 11.3 Å². The van der Waals surface area contributed by atoms with Gasteiger partial charge in [0.05, 0.1) is 10.6 Å². The van der Waals surface area contributed by atoms with Crippen LogP contribution in [0, 0.1) is 0 Å². The fraction of sp³-hybridized carbons (Fsp3) is 0.235. The number of rotatable bonds is 5. The topological polar surface area (TPSA) is 50.3 Å². The fourth-order valence-electron chi connectivity index (χ4n) is 2.21. The third-order valence-electron chi connectivity index (χ3n) is 3.43. The number of carbonyl (C=O) groups is 2. The molecule has 2 heterocycles. The van der Waals surface area contributed by atoms with Gasteiger partial charge in [-0.25, -0.2) is 4.98 Å². The maximum atomic E-state index is 12.3. The Morgan fingerprint density at radius 2 is 2.00 bits per heavy atom. The summed E-state index contributed by atoms with van der Waals surface area (Å²) in [5, 5.41) is 2.62. The third-order valence-corrected chi connectivity index (χ3v) is 5.25. The minimum Gasteiger partial charge on any atom is -0.268 e. The van der Waals surface area contributed by atoms with Crippen LogP contribution in [0.5, 0.6) is 0 Å². The summed E-state index contributed by atoms with van der Waals surface area (Å²) in [5.74, 6) is -0.206. The van der Waals surface area contributed by atoms with E-state index in [1.54, 1.807) is 6.08 Å². The molecule has 1 saturated heterocycles. The summed E-state index contributed by atoms with van der Waals surface area (Å²) in [6.45, 7) is 2.53. The van der Waals surface area contributed by atoms with E-state index >= 15 is 0 Å². The standard InChI is InChI=1S/C17H16N2O2S2/c1-2-3-9-19-16(20)14(23-17(19)21)10-13-11-22-15(18-13)12-7-5-4-6-8-12/h4-8,10-11H,2-3,9H2,1H3/b14-10-. The van der Waals surface area contributed by atoms with E-state index in [0.717, 1.165) is 40.9 Å². The van der Waals surface area contributed by atoms with Crippen LogP contribution in [-0.2, 0) is 4.79 Å². The van der Waals surface area contributed by atoms with E-state index in [-0.39, 0.29) is 11.1 Å². The van der Waals surface area contributed by atoms with Crippen LogP contribution in [0.25, 0.3) is 16.6 Å². The van der Waals surface area contributed by atoms with Crippen molar-refractivity contribution in [1.29, 1.82) is 0 Å². The second-order valence-electron chi connectivity index (χ2n) is 5.13. The van der Waals surface area contributed by atoms with Gasteiger partial charge in [0.15, 0.2) is 0 Å². The van der Waals surface area contributed by atoms with E-state index in [1.165, 1.54) is 16.2 Å². The first kappa shape index (κ1) is 16.0. The molecule has 0 aliphatic carbocycles. The van der Waals surface area contributed by atoms with Crippen LogP contribution in [-0.4, -0.2) is 27.6 Å². The molecule has 0 radical (unpaired) electrons. The summed E-state index contributed by atoms with van der Waals surface area (Å²) >= 11 is 2.52. The lowest BCUT2D eigenvalue weighted by atomic mass is 10.2. The van der Waals surface area contributed by atoms with Crippen LogP contribution >= 0.6 is 23.1 Å². The van der Waals surface area contributed by atoms with E-state index in [4.69, 9.17) is 0 Å². The number of carbonyl (C=O) groups excluding carboxylic acids is 2. The third kappa shape index (κ3) is 3.54. The van der Waals surface area contributed by atoms with Gasteiger partial charge in [0.25, 0.3) is 11.1 Å². The smallest absolute Gasteiger partial charge is 0.268 e. The molecule has 1 fully saturated rings. The first-order valence-electron chi connectivity index (χ1n) is 7.45. The minimum atomic E-state index is -0.206. The van der Waals surface area contributed by atoms with Crippen molar-refractivity contribution in [2.45, 2.75) is 19.8 Å². The Labute approximate surface area is 143 Å². The summed E-state index contributed by atoms with van der Waals surface area (Å²) in [6.07, 6.45) is 3.49. The Balaban J connectivity index is 1.79. The second kappa shape index (κ2) is 7.10. The van der Waals surface area contributed by atoms with Crippen LogP contribution < -0.4 is 0 Å². The van der Waals surface area contributed by atoms with Gasteiger partial charge in [-0.05, 0) is 24.3 Å². The zero-order chi connectivity index (χ0) is 16.2. The van der Waals surface area contributed by atoms with Gasteiger partial charge >= 0.3 is 0 Å². The molecule has 0 spiro atoms. The average Bonchev–Trinajstić information content (AvgIpc) is 3.13. The summed E-state index contributed by atoms with van der Waals surface area (Å²) in [5.41, 5.74) is 1.77. The Hall–Kier alpha value is -1.92. The van der Waals surface area contributed by atoms with E-state index in [2.05, 4.69) is 4.98 Å². The molecule has 0 atom stereocenters. The zero-order valence-corrected chi connectivity index (χ0v) is 14.3. The van der Waals surface area contributed by atoms with Crippen molar-refractivity contribution in [3.05, 3.63) is 46.3 Å². The molecule has 0 unspecified atom stereocenters. The highest BCUT2D eigenvalue weighted by Gasteiger charge is 2.34. The molecule has 2 aromatic rings. The molecule has 1 aliphatic heterocycles. The second-order valence-corrected chi connectivity index (χ2v) is 6.98. The van der Waals surface area contributed by atoms with Crippen LogP contribution in [0.2, 0.25) is 0 Å². The van der Waals surface area contributed by atoms with Gasteiger partial charge in [0.2, 0.25) is 0 Å². The van der Waals surface area contributed by atoms with Crippen molar-refractivity contribution < 1.29 is 9.59 Å². The van der Waals surface area contributed by atoms with Crippen molar-refractivity contribution in [1.82, 2.24) is 9.88 Å². The molecule has 1 aromatic heterocycles. The molecule has 6 heteroatoms. The van der Waals surface area contributed by atoms with Gasteiger partial charge in [-0.2, -0.15) is 0 Å². The molecular formula is C17H16N2O2S2. The van der Waals surface area contributed by atoms with Crippen LogP contribution in [0.4, 0.5) is 4.79 Å². The van der Waals surface area contributed by atoms with Crippen LogP contribution in [0.3, 0.4) is 0 Å². The highest BCUT2D eigenvalue weighted by Crippen LogP contribution is 2.33. The number of amides is 2. The SMILES string of the molecule is CCCCN1C(=O)S/C(=C\c2csc(-c3ccccc3)n2)C1=O. The monoisotopic (exact) mass is 344 g/mol. The van der Waals surface area contributed by atoms with E-state index in [0.29, 0.717) is 11.4 Å². The summed E-state index contributed by atoms with van der Waals surface area (Å²) in [6, 6.07) is 9.90. The van der Waals surface area contributed by atoms with E-state index < -0.39 is 0 Å². The van der Waals surface area contributed by atoms with Gasteiger partial charge in [-0.3, -0.25) is 14.5 Å². The molecule has 1 aliphatic rings. The van der Waals surface area contributed by atoms with Crippen LogP contribution in [0.15, 0.2) is 40.6 Å². The summed E-state index contributed by atoms with van der Waals surface area (Å²) in [4.78, 5) is 30.5. The first-order valence-corrected chi connectivity index (χ1v) is 9.15. The fourth-order valence-corrected chi connectivity index (χ4v) is 3.84. The molecule has 23 heavy (non-hydrogen) atoms. The molecule has 3 rings (SSSR count). The lowest BCUT2D eigenvalue weighted by molar-refractivity contribution is -0.122. The molecule has 2 amide bonds. The van der Waals surface area contributed by atoms with Crippen molar-refractivity contribution in [3.63, 3.8) is 0 Å². The molecular weight excluding hydrogens is 328 g/mol. The highest BCUT2D eigenvalue weighted by molar-refractivity contribution is 8.18. The molecule has 118 valence electrons. The van der Waals surface area contributed by atoms with Crippen molar-refractivity contribution >= 4 is 40.3 Å². The largest absolute Gasteiger partial charge is 0.293 e. The Bertz CT molecular complexity index is 753. The van der Waals surface area contributed by atoms with Gasteiger partial charge in [-0.1, -0.05) is 43.7 Å². The number of benzene rings is 1. The molecule has 0 bridgehead atoms. The Morgan fingerprint density at radius 3 is 2.74 bits per heavy atom. The molecule has 4 nitrogen and oxygen atoms in total. The van der Waals surface area contributed by atoms with Gasteiger partial charge in [0, 0.05) is 17.5 Å². The zero-order valence-electron chi connectivity index (χ0n) is 12.7. The molecule has 0 N–H and O–H groups in total. The minimum absolute atomic E-state index is 0.187. The number of nitrogens with zero attached hydrogens (tertiary/aromatic N) is 2. The number of aromatic nitrogens is 1. The summed E-state index contributed by atoms with van der Waals surface area (Å²) < 4.78 is 0. The maximum Gasteiger partial charge on any atom is 0.293 e. The predicted octanol–water partition coefficient (Wildman–Crippen LogP) is 4.65. The number of hydrogen-bond donors (Lipinski definition) is 0. The lowest BCUT2D eigenvalue weighted by Crippen LogP contribution is -2.29. The Morgan fingerprint density at radius 1 is 1.22 bits per heavy atom. The lowest BCUT2D eigenvalue weighted by Gasteiger charge is -2.10. The average molecular weight is 344 g/mol. The highest BCUT2D eigenvalue weighted by atomic mass is 32.2. The Kier molecular flexibility index (Phi) is 4.93. The first-order chi connectivity index (χ1) is 11.2. The van der Waals surface area contributed by atoms with E-state index in [1.807, 2.05) is 42.6 Å². The van der Waals surface area contributed by atoms with Crippen molar-refractivity contribution in [3.8, 4) is 10.6 Å². The van der Waals surface area contributed by atoms with Crippen molar-refractivity contribution in [2.75, 3.05) is 6.54 Å². The molecule has 1 aromatic carbocycles. The van der Waals surface area contributed by atoms with Gasteiger partial charge < -0.3 is 0 Å². The summed E-state index contributed by atoms with van der Waals surface area (Å²) in [7, 11) is 0. The maximum absolute atomic E-state index is 12.3. The number of hydrogen-bond acceptors (Lipinski definition) is 5. The number of unbranched alkanes of at least 4 members (excludes halogenated alkanes) is 1. The predicted molar refractivity (Wildman–Crippen MR) is 95.1 cm³/mol.